The highest BCUT2D eigenvalue weighted by atomic mass is 16.3. The zero-order valence-corrected chi connectivity index (χ0v) is 15.6. The van der Waals surface area contributed by atoms with Gasteiger partial charge in [0, 0.05) is 40.5 Å². The van der Waals surface area contributed by atoms with Crippen molar-refractivity contribution in [2.45, 2.75) is 0 Å². The van der Waals surface area contributed by atoms with E-state index in [-0.39, 0.29) is 0 Å². The third-order valence-corrected chi connectivity index (χ3v) is 5.12. The van der Waals surface area contributed by atoms with Crippen molar-refractivity contribution >= 4 is 27.6 Å². The van der Waals surface area contributed by atoms with Crippen molar-refractivity contribution in [1.82, 2.24) is 30.1 Å². The maximum Gasteiger partial charge on any atom is 0.138 e. The van der Waals surface area contributed by atoms with E-state index < -0.39 is 0 Å². The number of hydrogen-bond acceptors (Lipinski definition) is 6. The van der Waals surface area contributed by atoms with Crippen LogP contribution in [0.4, 0.5) is 5.69 Å². The molecule has 0 atom stereocenters. The lowest BCUT2D eigenvalue weighted by Crippen LogP contribution is -1.89. The molecular weight excluding hydrogens is 378 g/mol. The highest BCUT2D eigenvalue weighted by Crippen LogP contribution is 2.34. The summed E-state index contributed by atoms with van der Waals surface area (Å²) in [5.74, 6) is 0. The summed E-state index contributed by atoms with van der Waals surface area (Å²) in [4.78, 5) is 16.5. The molecule has 8 nitrogen and oxygen atoms in total. The molecule has 0 aliphatic heterocycles. The van der Waals surface area contributed by atoms with Gasteiger partial charge in [-0.05, 0) is 35.9 Å². The number of anilines is 1. The summed E-state index contributed by atoms with van der Waals surface area (Å²) in [7, 11) is 0. The Labute approximate surface area is 169 Å². The van der Waals surface area contributed by atoms with Crippen LogP contribution in [-0.2, 0) is 0 Å². The summed E-state index contributed by atoms with van der Waals surface area (Å²) >= 11 is 0. The van der Waals surface area contributed by atoms with E-state index in [2.05, 4.69) is 36.2 Å². The smallest absolute Gasteiger partial charge is 0.138 e. The fourth-order valence-electron chi connectivity index (χ4n) is 3.70. The lowest BCUT2D eigenvalue weighted by atomic mass is 10.1. The van der Waals surface area contributed by atoms with Gasteiger partial charge >= 0.3 is 0 Å². The van der Waals surface area contributed by atoms with Crippen LogP contribution in [0.3, 0.4) is 0 Å². The number of aromatic amines is 2. The predicted octanol–water partition coefficient (Wildman–Crippen LogP) is 4.41. The van der Waals surface area contributed by atoms with E-state index in [1.54, 1.807) is 37.3 Å². The van der Waals surface area contributed by atoms with Gasteiger partial charge in [-0.2, -0.15) is 5.10 Å². The molecule has 0 aromatic carbocycles. The lowest BCUT2D eigenvalue weighted by Gasteiger charge is -2.02. The molecule has 0 fully saturated rings. The average Bonchev–Trinajstić information content (AvgIpc) is 3.51. The van der Waals surface area contributed by atoms with Crippen LogP contribution in [0.25, 0.3) is 55.7 Å². The van der Waals surface area contributed by atoms with Crippen LogP contribution in [0.1, 0.15) is 0 Å². The van der Waals surface area contributed by atoms with Crippen LogP contribution in [0.15, 0.2) is 72.1 Å². The molecule has 0 saturated carbocycles. The molecule has 30 heavy (non-hydrogen) atoms. The first-order chi connectivity index (χ1) is 14.8. The molecule has 6 aromatic rings. The van der Waals surface area contributed by atoms with Crippen molar-refractivity contribution < 1.29 is 4.42 Å². The summed E-state index contributed by atoms with van der Waals surface area (Å²) < 4.78 is 5.25. The Balaban J connectivity index is 1.52. The van der Waals surface area contributed by atoms with Gasteiger partial charge in [0.15, 0.2) is 0 Å². The second-order valence-corrected chi connectivity index (χ2v) is 7.01. The number of aromatic nitrogens is 6. The van der Waals surface area contributed by atoms with E-state index in [4.69, 9.17) is 10.2 Å². The molecule has 4 N–H and O–H groups in total. The molecule has 0 amide bonds. The van der Waals surface area contributed by atoms with Gasteiger partial charge in [0.1, 0.15) is 11.3 Å². The maximum absolute atomic E-state index is 5.88. The molecule has 0 spiro atoms. The fraction of sp³-hybridized carbons (Fsp3) is 0. The topological polar surface area (TPSA) is 122 Å². The van der Waals surface area contributed by atoms with Crippen LogP contribution in [-0.4, -0.2) is 30.1 Å². The van der Waals surface area contributed by atoms with Crippen molar-refractivity contribution in [3.8, 4) is 33.8 Å². The van der Waals surface area contributed by atoms with E-state index in [1.807, 2.05) is 24.3 Å². The van der Waals surface area contributed by atoms with Gasteiger partial charge in [0.2, 0.25) is 0 Å². The minimum absolute atomic E-state index is 0.593. The van der Waals surface area contributed by atoms with E-state index in [1.165, 1.54) is 0 Å². The Kier molecular flexibility index (Phi) is 3.45. The monoisotopic (exact) mass is 393 g/mol. The van der Waals surface area contributed by atoms with Crippen molar-refractivity contribution in [3.63, 3.8) is 0 Å². The van der Waals surface area contributed by atoms with Crippen LogP contribution in [0, 0.1) is 0 Å². The number of pyridine rings is 3. The third kappa shape index (κ3) is 2.55. The number of rotatable bonds is 3. The highest BCUT2D eigenvalue weighted by Gasteiger charge is 2.15. The molecule has 0 aliphatic carbocycles. The highest BCUT2D eigenvalue weighted by molar-refractivity contribution is 6.00. The Morgan fingerprint density at radius 2 is 1.90 bits per heavy atom. The van der Waals surface area contributed by atoms with Gasteiger partial charge < -0.3 is 15.1 Å². The van der Waals surface area contributed by atoms with Gasteiger partial charge in [-0.15, -0.1) is 0 Å². The van der Waals surface area contributed by atoms with Crippen molar-refractivity contribution in [2.24, 2.45) is 0 Å². The number of nitrogen functional groups attached to an aromatic ring is 1. The second-order valence-electron chi connectivity index (χ2n) is 7.01. The van der Waals surface area contributed by atoms with Crippen molar-refractivity contribution in [1.29, 1.82) is 0 Å². The van der Waals surface area contributed by atoms with E-state index >= 15 is 0 Å². The lowest BCUT2D eigenvalue weighted by molar-refractivity contribution is 0.568. The zero-order valence-electron chi connectivity index (χ0n) is 15.6. The summed E-state index contributed by atoms with van der Waals surface area (Å²) in [5, 5.41) is 9.52. The quantitative estimate of drug-likeness (QED) is 0.409. The second kappa shape index (κ2) is 6.28. The maximum atomic E-state index is 5.88. The number of H-pyrrole nitrogens is 2. The van der Waals surface area contributed by atoms with E-state index in [0.29, 0.717) is 5.69 Å². The Morgan fingerprint density at radius 3 is 2.77 bits per heavy atom. The number of hydrogen-bond donors (Lipinski definition) is 3. The minimum atomic E-state index is 0.593. The Hall–Kier alpha value is -4.46. The first-order valence-electron chi connectivity index (χ1n) is 9.32. The largest absolute Gasteiger partial charge is 0.472 e. The van der Waals surface area contributed by atoms with Gasteiger partial charge in [-0.25, -0.2) is 4.98 Å². The van der Waals surface area contributed by atoms with Gasteiger partial charge in [0.25, 0.3) is 0 Å². The first-order valence-corrected chi connectivity index (χ1v) is 9.32. The molecule has 0 saturated heterocycles. The molecule has 8 heteroatoms. The summed E-state index contributed by atoms with van der Waals surface area (Å²) in [5.41, 5.74) is 13.4. The molecule has 6 aromatic heterocycles. The SMILES string of the molecule is Nc1cncc(-c2cc3c(-c4cc5c(-c6ccoc6)ccnc5[nH]4)n[nH]c3cn2)c1. The van der Waals surface area contributed by atoms with E-state index in [9.17, 15) is 0 Å². The first kappa shape index (κ1) is 16.5. The normalized spacial score (nSPS) is 11.5. The van der Waals surface area contributed by atoms with Gasteiger partial charge in [0.05, 0.1) is 41.3 Å². The average molecular weight is 393 g/mol. The standard InChI is InChI=1S/C22H15N7O/c23-14-5-13(8-24-9-14)18-7-17-20(10-26-18)28-29-21(17)19-6-16-15(12-2-4-30-11-12)1-3-25-22(16)27-19/h1-11H,23H2,(H,25,27)(H,28,29). The van der Waals surface area contributed by atoms with Crippen LogP contribution in [0.5, 0.6) is 0 Å². The summed E-state index contributed by atoms with van der Waals surface area (Å²) in [6.45, 7) is 0. The van der Waals surface area contributed by atoms with Crippen LogP contribution < -0.4 is 5.73 Å². The van der Waals surface area contributed by atoms with Crippen molar-refractivity contribution in [2.75, 3.05) is 5.73 Å². The summed E-state index contributed by atoms with van der Waals surface area (Å²) in [6, 6.07) is 9.80. The summed E-state index contributed by atoms with van der Waals surface area (Å²) in [6.07, 6.45) is 10.3. The third-order valence-electron chi connectivity index (χ3n) is 5.12. The van der Waals surface area contributed by atoms with E-state index in [0.717, 1.165) is 55.7 Å². The van der Waals surface area contributed by atoms with Crippen LogP contribution in [0.2, 0.25) is 0 Å². The van der Waals surface area contributed by atoms with Gasteiger partial charge in [-0.1, -0.05) is 0 Å². The van der Waals surface area contributed by atoms with Crippen molar-refractivity contribution in [3.05, 3.63) is 67.6 Å². The number of nitrogens with zero attached hydrogens (tertiary/aromatic N) is 4. The van der Waals surface area contributed by atoms with Gasteiger partial charge in [-0.3, -0.25) is 15.1 Å². The molecule has 6 rings (SSSR count). The molecule has 0 radical (unpaired) electrons. The number of fused-ring (bicyclic) bond motifs is 2. The number of furan rings is 1. The number of nitrogens with two attached hydrogens (primary N) is 1. The molecule has 0 aliphatic rings. The molecular formula is C22H15N7O. The predicted molar refractivity (Wildman–Crippen MR) is 114 cm³/mol. The molecule has 0 bridgehead atoms. The Morgan fingerprint density at radius 1 is 0.933 bits per heavy atom. The number of nitrogens with one attached hydrogen (secondary N) is 2. The molecule has 6 heterocycles. The minimum Gasteiger partial charge on any atom is -0.472 e. The molecule has 144 valence electrons. The fourth-order valence-corrected chi connectivity index (χ4v) is 3.70. The molecule has 0 unspecified atom stereocenters. The Bertz CT molecular complexity index is 1510. The van der Waals surface area contributed by atoms with Crippen LogP contribution >= 0.6 is 0 Å². The zero-order chi connectivity index (χ0) is 20.1.